The highest BCUT2D eigenvalue weighted by Crippen LogP contribution is 2.31. The second-order valence-electron chi connectivity index (χ2n) is 9.91. The predicted octanol–water partition coefficient (Wildman–Crippen LogP) is -0.988. The summed E-state index contributed by atoms with van der Waals surface area (Å²) in [6.07, 6.45) is -15.3. The Balaban J connectivity index is 3.70. The molecule has 1 saturated heterocycles. The van der Waals surface area contributed by atoms with Crippen LogP contribution in [0.1, 0.15) is 55.4 Å². The van der Waals surface area contributed by atoms with Crippen LogP contribution in [0.25, 0.3) is 0 Å². The van der Waals surface area contributed by atoms with Gasteiger partial charge in [-0.15, -0.1) is 0 Å². The summed E-state index contributed by atoms with van der Waals surface area (Å²) in [5.74, 6) is -7.53. The van der Waals surface area contributed by atoms with Crippen LogP contribution in [0.4, 0.5) is 0 Å². The molecule has 264 valence electrons. The first kappa shape index (κ1) is 40.4. The standard InChI is InChI=1S/C28H38O19/c1-12(30)38-10-22-25(44-17(6)35)26(45-18(7)36)27(46-19(8)37)28(47-22)39-11-21(41-14(3)32)24(43-16(5)34)23(42-15(4)33)20(9-29)40-13(2)31/h9,20-28H,10-11H2,1-8H3/t20-,21+,22+,23+,24+,25+,26-,27+,28+/m0/s1. The Kier molecular flexibility index (Phi) is 16.4. The van der Waals surface area contributed by atoms with E-state index < -0.39 is 116 Å². The Morgan fingerprint density at radius 1 is 0.574 bits per heavy atom. The van der Waals surface area contributed by atoms with E-state index in [2.05, 4.69) is 0 Å². The summed E-state index contributed by atoms with van der Waals surface area (Å²) < 4.78 is 53.2. The highest BCUT2D eigenvalue weighted by molar-refractivity contribution is 5.72. The van der Waals surface area contributed by atoms with Crippen molar-refractivity contribution < 1.29 is 90.5 Å². The number of rotatable bonds is 16. The molecule has 0 aromatic rings. The Morgan fingerprint density at radius 2 is 1.04 bits per heavy atom. The van der Waals surface area contributed by atoms with Crippen LogP contribution in [0.2, 0.25) is 0 Å². The second kappa shape index (κ2) is 19.1. The maximum Gasteiger partial charge on any atom is 0.303 e. The van der Waals surface area contributed by atoms with E-state index in [-0.39, 0.29) is 6.29 Å². The summed E-state index contributed by atoms with van der Waals surface area (Å²) in [6, 6.07) is 0. The van der Waals surface area contributed by atoms with Gasteiger partial charge in [0.1, 0.15) is 12.7 Å². The lowest BCUT2D eigenvalue weighted by Gasteiger charge is -2.44. The highest BCUT2D eigenvalue weighted by atomic mass is 16.7. The minimum Gasteiger partial charge on any atom is -0.463 e. The number of hydrogen-bond acceptors (Lipinski definition) is 19. The van der Waals surface area contributed by atoms with Gasteiger partial charge in [-0.2, -0.15) is 0 Å². The molecule has 1 heterocycles. The molecular weight excluding hydrogens is 640 g/mol. The van der Waals surface area contributed by atoms with E-state index in [1.807, 2.05) is 0 Å². The lowest BCUT2D eigenvalue weighted by Crippen LogP contribution is -2.63. The first-order chi connectivity index (χ1) is 21.9. The maximum atomic E-state index is 12.2. The number of hydrogen-bond donors (Lipinski definition) is 0. The van der Waals surface area contributed by atoms with Crippen molar-refractivity contribution in [3.8, 4) is 0 Å². The quantitative estimate of drug-likeness (QED) is 0.108. The lowest BCUT2D eigenvalue weighted by atomic mass is 9.98. The Bertz CT molecular complexity index is 1180. The van der Waals surface area contributed by atoms with Crippen molar-refractivity contribution in [3.05, 3.63) is 0 Å². The fourth-order valence-corrected chi connectivity index (χ4v) is 4.34. The average Bonchev–Trinajstić information content (AvgIpc) is 2.92. The SMILES string of the molecule is CC(=O)OC[C@H]1O[C@@H](OC[C@@H](OC(C)=O)[C@@H](OC(C)=O)[C@H](OC(C)=O)[C@H](C=O)OC(C)=O)[C@H](OC(C)=O)[C@@H](OC(C)=O)[C@@H]1OC(C)=O. The molecular formula is C28H38O19. The zero-order valence-corrected chi connectivity index (χ0v) is 26.9. The van der Waals surface area contributed by atoms with Crippen LogP contribution in [0.5, 0.6) is 0 Å². The molecule has 0 aromatic heterocycles. The smallest absolute Gasteiger partial charge is 0.303 e. The molecule has 0 spiro atoms. The molecule has 19 heteroatoms. The molecule has 1 fully saturated rings. The Labute approximate surface area is 268 Å². The van der Waals surface area contributed by atoms with E-state index in [9.17, 15) is 43.2 Å². The first-order valence-corrected chi connectivity index (χ1v) is 13.9. The van der Waals surface area contributed by atoms with Crippen LogP contribution in [-0.2, 0) is 90.5 Å². The summed E-state index contributed by atoms with van der Waals surface area (Å²) in [4.78, 5) is 108. The average molecular weight is 679 g/mol. The van der Waals surface area contributed by atoms with Crippen molar-refractivity contribution in [2.75, 3.05) is 13.2 Å². The van der Waals surface area contributed by atoms with Crippen molar-refractivity contribution in [1.82, 2.24) is 0 Å². The van der Waals surface area contributed by atoms with Crippen molar-refractivity contribution in [3.63, 3.8) is 0 Å². The zero-order chi connectivity index (χ0) is 36.0. The molecule has 1 aliphatic rings. The minimum absolute atomic E-state index is 0.0800. The third kappa shape index (κ3) is 14.1. The van der Waals surface area contributed by atoms with Crippen LogP contribution in [0, 0.1) is 0 Å². The van der Waals surface area contributed by atoms with Crippen molar-refractivity contribution in [2.45, 2.75) is 111 Å². The number of esters is 8. The van der Waals surface area contributed by atoms with Gasteiger partial charge in [-0.05, 0) is 0 Å². The largest absolute Gasteiger partial charge is 0.463 e. The van der Waals surface area contributed by atoms with Gasteiger partial charge in [0.25, 0.3) is 0 Å². The Morgan fingerprint density at radius 3 is 1.49 bits per heavy atom. The molecule has 0 saturated carbocycles. The number of ether oxygens (including phenoxy) is 10. The summed E-state index contributed by atoms with van der Waals surface area (Å²) in [5, 5.41) is 0. The fraction of sp³-hybridized carbons (Fsp3) is 0.679. The van der Waals surface area contributed by atoms with E-state index in [0.29, 0.717) is 0 Å². The number of aldehydes is 1. The lowest BCUT2D eigenvalue weighted by molar-refractivity contribution is -0.313. The molecule has 9 atom stereocenters. The highest BCUT2D eigenvalue weighted by Gasteiger charge is 2.53. The van der Waals surface area contributed by atoms with Gasteiger partial charge in [-0.3, -0.25) is 43.2 Å². The van der Waals surface area contributed by atoms with Crippen LogP contribution in [0.15, 0.2) is 0 Å². The summed E-state index contributed by atoms with van der Waals surface area (Å²) >= 11 is 0. The maximum absolute atomic E-state index is 12.2. The third-order valence-corrected chi connectivity index (χ3v) is 5.74. The van der Waals surface area contributed by atoms with Crippen LogP contribution in [0.3, 0.4) is 0 Å². The van der Waals surface area contributed by atoms with E-state index in [1.165, 1.54) is 0 Å². The predicted molar refractivity (Wildman–Crippen MR) is 146 cm³/mol. The molecule has 1 aliphatic heterocycles. The van der Waals surface area contributed by atoms with E-state index in [1.54, 1.807) is 0 Å². The molecule has 0 bridgehead atoms. The van der Waals surface area contributed by atoms with Crippen molar-refractivity contribution in [1.29, 1.82) is 0 Å². The van der Waals surface area contributed by atoms with Crippen molar-refractivity contribution >= 4 is 54.0 Å². The number of carbonyl (C=O) groups is 9. The van der Waals surface area contributed by atoms with Gasteiger partial charge in [0.2, 0.25) is 0 Å². The number of carbonyl (C=O) groups excluding carboxylic acids is 9. The molecule has 0 amide bonds. The molecule has 0 unspecified atom stereocenters. The van der Waals surface area contributed by atoms with Gasteiger partial charge in [0.05, 0.1) is 6.61 Å². The third-order valence-electron chi connectivity index (χ3n) is 5.74. The van der Waals surface area contributed by atoms with Crippen molar-refractivity contribution in [2.24, 2.45) is 0 Å². The van der Waals surface area contributed by atoms with Gasteiger partial charge in [-0.1, -0.05) is 0 Å². The zero-order valence-electron chi connectivity index (χ0n) is 26.9. The van der Waals surface area contributed by atoms with Crippen LogP contribution >= 0.6 is 0 Å². The van der Waals surface area contributed by atoms with E-state index in [0.717, 1.165) is 55.4 Å². The fourth-order valence-electron chi connectivity index (χ4n) is 4.34. The summed E-state index contributed by atoms with van der Waals surface area (Å²) in [7, 11) is 0. The molecule has 47 heavy (non-hydrogen) atoms. The van der Waals surface area contributed by atoms with Gasteiger partial charge >= 0.3 is 47.8 Å². The van der Waals surface area contributed by atoms with Crippen LogP contribution < -0.4 is 0 Å². The molecule has 1 rings (SSSR count). The molecule has 0 radical (unpaired) electrons. The normalized spacial score (nSPS) is 22.9. The van der Waals surface area contributed by atoms with Gasteiger partial charge in [0, 0.05) is 55.4 Å². The van der Waals surface area contributed by atoms with E-state index >= 15 is 0 Å². The molecule has 0 N–H and O–H groups in total. The molecule has 0 aromatic carbocycles. The first-order valence-electron chi connectivity index (χ1n) is 13.9. The van der Waals surface area contributed by atoms with E-state index in [4.69, 9.17) is 47.4 Å². The van der Waals surface area contributed by atoms with Gasteiger partial charge < -0.3 is 47.4 Å². The molecule has 19 nitrogen and oxygen atoms in total. The molecule has 0 aliphatic carbocycles. The van der Waals surface area contributed by atoms with Gasteiger partial charge in [-0.25, -0.2) is 0 Å². The topological polar surface area (TPSA) is 246 Å². The summed E-state index contributed by atoms with van der Waals surface area (Å²) in [6.45, 7) is 6.42. The second-order valence-corrected chi connectivity index (χ2v) is 9.91. The Hall–Kier alpha value is -4.65. The monoisotopic (exact) mass is 678 g/mol. The van der Waals surface area contributed by atoms with Gasteiger partial charge in [0.15, 0.2) is 55.3 Å². The summed E-state index contributed by atoms with van der Waals surface area (Å²) in [5.41, 5.74) is 0. The van der Waals surface area contributed by atoms with Crippen LogP contribution in [-0.4, -0.2) is 122 Å². The minimum atomic E-state index is -1.89.